The summed E-state index contributed by atoms with van der Waals surface area (Å²) in [6, 6.07) is 7.80. The number of nitrogens with one attached hydrogen (secondary N) is 1. The van der Waals surface area contributed by atoms with Gasteiger partial charge in [0, 0.05) is 30.6 Å². The fourth-order valence-electron chi connectivity index (χ4n) is 3.06. The van der Waals surface area contributed by atoms with E-state index in [9.17, 15) is 9.59 Å². The largest absolute Gasteiger partial charge is 0.464 e. The smallest absolute Gasteiger partial charge is 0.413 e. The standard InChI is InChI=1S/C21H30N2O5/c1-7-27-18(24)21(5,23(14-26-6)19(25)28-20(2,3)4)12-15-13-22-17-11-9-8-10-16(15)17/h8-11,13,22H,7,12,14H2,1-6H3/t21-/m0/s1. The summed E-state index contributed by atoms with van der Waals surface area (Å²) in [5, 5.41) is 0.986. The molecular formula is C21H30N2O5. The van der Waals surface area contributed by atoms with Crippen LogP contribution in [0.1, 0.15) is 40.2 Å². The van der Waals surface area contributed by atoms with E-state index in [2.05, 4.69) is 4.98 Å². The third kappa shape index (κ3) is 4.84. The molecule has 1 aromatic carbocycles. The third-order valence-corrected chi connectivity index (χ3v) is 4.39. The van der Waals surface area contributed by atoms with Crippen molar-refractivity contribution in [3.63, 3.8) is 0 Å². The lowest BCUT2D eigenvalue weighted by molar-refractivity contribution is -0.159. The minimum Gasteiger partial charge on any atom is -0.464 e. The Hall–Kier alpha value is -2.54. The first-order valence-electron chi connectivity index (χ1n) is 9.34. The maximum Gasteiger partial charge on any atom is 0.413 e. The van der Waals surface area contributed by atoms with E-state index in [4.69, 9.17) is 14.2 Å². The summed E-state index contributed by atoms with van der Waals surface area (Å²) in [7, 11) is 1.47. The number of fused-ring (bicyclic) bond motifs is 1. The highest BCUT2D eigenvalue weighted by atomic mass is 16.6. The second-order valence-electron chi connectivity index (χ2n) is 7.86. The van der Waals surface area contributed by atoms with Crippen LogP contribution >= 0.6 is 0 Å². The Labute approximate surface area is 165 Å². The van der Waals surface area contributed by atoms with Gasteiger partial charge in [0.2, 0.25) is 0 Å². The number of aromatic amines is 1. The molecule has 7 heteroatoms. The third-order valence-electron chi connectivity index (χ3n) is 4.39. The van der Waals surface area contributed by atoms with E-state index < -0.39 is 23.2 Å². The molecular weight excluding hydrogens is 360 g/mol. The second-order valence-corrected chi connectivity index (χ2v) is 7.86. The van der Waals surface area contributed by atoms with Gasteiger partial charge in [-0.25, -0.2) is 9.59 Å². The predicted molar refractivity (Wildman–Crippen MR) is 107 cm³/mol. The number of H-pyrrole nitrogens is 1. The van der Waals surface area contributed by atoms with Crippen molar-refractivity contribution in [1.82, 2.24) is 9.88 Å². The van der Waals surface area contributed by atoms with Gasteiger partial charge < -0.3 is 19.2 Å². The summed E-state index contributed by atoms with van der Waals surface area (Å²) in [6.45, 7) is 8.84. The minimum atomic E-state index is -1.31. The van der Waals surface area contributed by atoms with Crippen LogP contribution in [0.5, 0.6) is 0 Å². The van der Waals surface area contributed by atoms with Gasteiger partial charge in [0.05, 0.1) is 6.61 Å². The predicted octanol–water partition coefficient (Wildman–Crippen LogP) is 3.87. The van der Waals surface area contributed by atoms with E-state index in [1.807, 2.05) is 30.5 Å². The number of methoxy groups -OCH3 is 1. The van der Waals surface area contributed by atoms with Crippen LogP contribution in [0.3, 0.4) is 0 Å². The van der Waals surface area contributed by atoms with E-state index >= 15 is 0 Å². The SMILES string of the molecule is CCOC(=O)[C@](C)(Cc1c[nH]c2ccccc12)N(COC)C(=O)OC(C)(C)C. The molecule has 0 saturated heterocycles. The average molecular weight is 390 g/mol. The fraction of sp³-hybridized carbons (Fsp3) is 0.524. The molecule has 28 heavy (non-hydrogen) atoms. The first kappa shape index (κ1) is 21.8. The summed E-state index contributed by atoms with van der Waals surface area (Å²) in [5.74, 6) is -0.511. The summed E-state index contributed by atoms with van der Waals surface area (Å²) in [4.78, 5) is 30.4. The zero-order valence-corrected chi connectivity index (χ0v) is 17.5. The molecule has 1 heterocycles. The first-order valence-corrected chi connectivity index (χ1v) is 9.34. The number of ether oxygens (including phenoxy) is 3. The Bertz CT molecular complexity index is 824. The van der Waals surface area contributed by atoms with Crippen LogP contribution in [0, 0.1) is 0 Å². The highest BCUT2D eigenvalue weighted by Gasteiger charge is 2.46. The molecule has 0 aliphatic heterocycles. The van der Waals surface area contributed by atoms with Crippen LogP contribution in [0.25, 0.3) is 10.9 Å². The molecule has 0 aliphatic rings. The van der Waals surface area contributed by atoms with Crippen molar-refractivity contribution in [3.8, 4) is 0 Å². The number of rotatable bonds is 7. The molecule has 0 spiro atoms. The minimum absolute atomic E-state index is 0.105. The normalized spacial score (nSPS) is 13.8. The number of hydrogen-bond acceptors (Lipinski definition) is 5. The monoisotopic (exact) mass is 390 g/mol. The molecule has 1 amide bonds. The maximum absolute atomic E-state index is 13.0. The highest BCUT2D eigenvalue weighted by molar-refractivity contribution is 5.88. The van der Waals surface area contributed by atoms with Gasteiger partial charge in [-0.2, -0.15) is 0 Å². The van der Waals surface area contributed by atoms with Gasteiger partial charge >= 0.3 is 12.1 Å². The van der Waals surface area contributed by atoms with Crippen LogP contribution in [-0.4, -0.2) is 53.5 Å². The topological polar surface area (TPSA) is 80.9 Å². The van der Waals surface area contributed by atoms with Crippen molar-refractivity contribution >= 4 is 23.0 Å². The molecule has 0 radical (unpaired) electrons. The van der Waals surface area contributed by atoms with Crippen molar-refractivity contribution in [3.05, 3.63) is 36.0 Å². The van der Waals surface area contributed by atoms with Crippen molar-refractivity contribution in [2.75, 3.05) is 20.4 Å². The maximum atomic E-state index is 13.0. The molecule has 1 atom stereocenters. The number of nitrogens with zero attached hydrogens (tertiary/aromatic N) is 1. The van der Waals surface area contributed by atoms with Gasteiger partial charge in [-0.1, -0.05) is 18.2 Å². The van der Waals surface area contributed by atoms with Gasteiger partial charge in [-0.15, -0.1) is 0 Å². The zero-order chi connectivity index (χ0) is 20.9. The van der Waals surface area contributed by atoms with Gasteiger partial charge in [0.15, 0.2) is 0 Å². The molecule has 7 nitrogen and oxygen atoms in total. The van der Waals surface area contributed by atoms with Crippen molar-refractivity contribution in [1.29, 1.82) is 0 Å². The molecule has 0 unspecified atom stereocenters. The molecule has 0 bridgehead atoms. The number of amides is 1. The molecule has 0 fully saturated rings. The number of benzene rings is 1. The van der Waals surface area contributed by atoms with Gasteiger partial charge in [0.1, 0.15) is 17.9 Å². The number of esters is 1. The lowest BCUT2D eigenvalue weighted by Gasteiger charge is -2.39. The molecule has 2 rings (SSSR count). The molecule has 1 N–H and O–H groups in total. The van der Waals surface area contributed by atoms with Crippen molar-refractivity contribution < 1.29 is 23.8 Å². The summed E-state index contributed by atoms with van der Waals surface area (Å²) in [5.41, 5.74) is -0.159. The molecule has 0 saturated carbocycles. The number of para-hydroxylation sites is 1. The van der Waals surface area contributed by atoms with E-state index in [0.717, 1.165) is 16.5 Å². The van der Waals surface area contributed by atoms with Crippen molar-refractivity contribution in [2.45, 2.75) is 52.2 Å². The quantitative estimate of drug-likeness (QED) is 0.573. The van der Waals surface area contributed by atoms with Crippen LogP contribution in [0.15, 0.2) is 30.5 Å². The molecule has 2 aromatic rings. The number of hydrogen-bond donors (Lipinski definition) is 1. The molecule has 1 aromatic heterocycles. The zero-order valence-electron chi connectivity index (χ0n) is 17.5. The Morgan fingerprint density at radius 3 is 2.43 bits per heavy atom. The lowest BCUT2D eigenvalue weighted by Crippen LogP contribution is -2.58. The van der Waals surface area contributed by atoms with E-state index in [1.165, 1.54) is 12.0 Å². The van der Waals surface area contributed by atoms with E-state index in [0.29, 0.717) is 0 Å². The number of aromatic nitrogens is 1. The Morgan fingerprint density at radius 1 is 1.14 bits per heavy atom. The fourth-order valence-corrected chi connectivity index (χ4v) is 3.06. The van der Waals surface area contributed by atoms with Crippen LogP contribution in [0.4, 0.5) is 4.79 Å². The van der Waals surface area contributed by atoms with E-state index in [-0.39, 0.29) is 19.8 Å². The second kappa shape index (κ2) is 8.65. The summed E-state index contributed by atoms with van der Waals surface area (Å²) >= 11 is 0. The average Bonchev–Trinajstić information content (AvgIpc) is 3.01. The first-order chi connectivity index (χ1) is 13.1. The van der Waals surface area contributed by atoms with Crippen LogP contribution in [0.2, 0.25) is 0 Å². The molecule has 154 valence electrons. The van der Waals surface area contributed by atoms with Gasteiger partial charge in [-0.05, 0) is 46.2 Å². The van der Waals surface area contributed by atoms with E-state index in [1.54, 1.807) is 34.6 Å². The Morgan fingerprint density at radius 2 is 1.82 bits per heavy atom. The highest BCUT2D eigenvalue weighted by Crippen LogP contribution is 2.29. The van der Waals surface area contributed by atoms with Crippen LogP contribution < -0.4 is 0 Å². The van der Waals surface area contributed by atoms with Crippen LogP contribution in [-0.2, 0) is 25.4 Å². The van der Waals surface area contributed by atoms with Gasteiger partial charge in [0.25, 0.3) is 0 Å². The summed E-state index contributed by atoms with van der Waals surface area (Å²) in [6.07, 6.45) is 1.46. The lowest BCUT2D eigenvalue weighted by atomic mass is 9.91. The van der Waals surface area contributed by atoms with Crippen molar-refractivity contribution in [2.24, 2.45) is 0 Å². The number of carbonyl (C=O) groups is 2. The Kier molecular flexibility index (Phi) is 6.72. The summed E-state index contributed by atoms with van der Waals surface area (Å²) < 4.78 is 16.1. The molecule has 0 aliphatic carbocycles. The Balaban J connectivity index is 2.47. The number of carbonyl (C=O) groups excluding carboxylic acids is 2. The van der Waals surface area contributed by atoms with Gasteiger partial charge in [-0.3, -0.25) is 4.90 Å².